The van der Waals surface area contributed by atoms with Crippen LogP contribution in [0.4, 0.5) is 0 Å². The van der Waals surface area contributed by atoms with Gasteiger partial charge in [-0.25, -0.2) is 9.78 Å². The smallest absolute Gasteiger partial charge is 0.338 e. The summed E-state index contributed by atoms with van der Waals surface area (Å²) in [4.78, 5) is 28.7. The Hall–Kier alpha value is -3.65. The van der Waals surface area contributed by atoms with Crippen LogP contribution < -0.4 is 5.73 Å². The van der Waals surface area contributed by atoms with Crippen molar-refractivity contribution >= 4 is 58.4 Å². The normalized spacial score (nSPS) is 16.1. The second-order valence-corrected chi connectivity index (χ2v) is 15.2. The number of rotatable bonds is 14. The maximum Gasteiger partial charge on any atom is 0.338 e. The van der Waals surface area contributed by atoms with Gasteiger partial charge in [-0.15, -0.1) is 0 Å². The highest BCUT2D eigenvalue weighted by atomic mass is 35.5. The highest BCUT2D eigenvalue weighted by molar-refractivity contribution is 7.99. The molecule has 1 heterocycles. The highest BCUT2D eigenvalue weighted by Gasteiger charge is 2.51. The number of ether oxygens (including phenoxy) is 1. The zero-order valence-electron chi connectivity index (χ0n) is 29.0. The van der Waals surface area contributed by atoms with Gasteiger partial charge in [-0.3, -0.25) is 4.79 Å². The monoisotopic (exact) mass is 712 g/mol. The van der Waals surface area contributed by atoms with Gasteiger partial charge in [-0.05, 0) is 103 Å². The number of halogens is 1. The standard InChI is InChI=1S/C34H32ClNO4S.C8H17N/c1-40-33(39)29-10-3-2-7-24(29)9-5-19-41-32(34(17-18-34)22-31(37)38)26-8-4-6-23(20-26)11-15-28-16-13-25-12-14-27(35)21-30(25)36-28;9-7-6-8-4-2-1-3-5-8/h2-4,6-8,10-16,20-21,32H,5,9,17-19,22H2,1H3,(H,37,38);8H,1-7,9H2/t32-;/m0./s1. The lowest BCUT2D eigenvalue weighted by Crippen LogP contribution is -2.17. The van der Waals surface area contributed by atoms with E-state index >= 15 is 0 Å². The lowest BCUT2D eigenvalue weighted by Gasteiger charge is -2.26. The van der Waals surface area contributed by atoms with Gasteiger partial charge in [0.25, 0.3) is 0 Å². The number of fused-ring (bicyclic) bond motifs is 1. The molecular weight excluding hydrogens is 664 g/mol. The first-order valence-electron chi connectivity index (χ1n) is 17.8. The SMILES string of the molecule is COC(=O)c1ccccc1CCCS[C@@H](c1cccc(C=Cc2ccc3ccc(Cl)cc3n2)c1)C1(CC(=O)O)CC1.NCCC1CCCCC1. The number of carboxylic acids is 1. The number of aliphatic carboxylic acids is 1. The number of carboxylic acid groups (broad SMARTS) is 1. The number of hydrogen-bond donors (Lipinski definition) is 2. The molecule has 3 N–H and O–H groups in total. The number of methoxy groups -OCH3 is 1. The quantitative estimate of drug-likeness (QED) is 0.0991. The molecule has 3 aromatic carbocycles. The minimum absolute atomic E-state index is 0.0729. The summed E-state index contributed by atoms with van der Waals surface area (Å²) in [7, 11) is 1.40. The molecule has 0 aliphatic heterocycles. The fourth-order valence-corrected chi connectivity index (χ4v) is 8.77. The van der Waals surface area contributed by atoms with Crippen LogP contribution in [-0.4, -0.2) is 41.4 Å². The van der Waals surface area contributed by atoms with Crippen LogP contribution in [0.2, 0.25) is 5.02 Å². The van der Waals surface area contributed by atoms with E-state index in [-0.39, 0.29) is 23.1 Å². The summed E-state index contributed by atoms with van der Waals surface area (Å²) in [6.45, 7) is 0.894. The molecule has 2 aliphatic carbocycles. The van der Waals surface area contributed by atoms with E-state index in [1.54, 1.807) is 6.07 Å². The second kappa shape index (κ2) is 18.5. The van der Waals surface area contributed by atoms with Crippen molar-refractivity contribution in [1.82, 2.24) is 4.98 Å². The highest BCUT2D eigenvalue weighted by Crippen LogP contribution is 2.62. The molecule has 264 valence electrons. The van der Waals surface area contributed by atoms with E-state index in [1.807, 2.05) is 78.5 Å². The Balaban J connectivity index is 0.000000470. The zero-order valence-corrected chi connectivity index (χ0v) is 30.6. The summed E-state index contributed by atoms with van der Waals surface area (Å²) in [6, 6.07) is 25.6. The van der Waals surface area contributed by atoms with Crippen LogP contribution in [0.1, 0.15) is 102 Å². The second-order valence-electron chi connectivity index (χ2n) is 13.6. The lowest BCUT2D eigenvalue weighted by atomic mass is 9.87. The number of carbonyl (C=O) groups excluding carboxylic acids is 1. The summed E-state index contributed by atoms with van der Waals surface area (Å²) < 4.78 is 4.94. The number of carbonyl (C=O) groups is 2. The van der Waals surface area contributed by atoms with E-state index in [9.17, 15) is 14.7 Å². The minimum Gasteiger partial charge on any atom is -0.481 e. The third-order valence-electron chi connectivity index (χ3n) is 9.88. The van der Waals surface area contributed by atoms with Gasteiger partial charge in [-0.2, -0.15) is 11.8 Å². The van der Waals surface area contributed by atoms with Crippen molar-refractivity contribution < 1.29 is 19.4 Å². The number of aryl methyl sites for hydroxylation is 1. The van der Waals surface area contributed by atoms with Gasteiger partial charge in [0, 0.05) is 15.7 Å². The molecule has 2 aliphatic rings. The van der Waals surface area contributed by atoms with Crippen molar-refractivity contribution in [3.05, 3.63) is 112 Å². The van der Waals surface area contributed by atoms with Gasteiger partial charge >= 0.3 is 11.9 Å². The Morgan fingerprint density at radius 3 is 2.54 bits per heavy atom. The number of benzene rings is 3. The number of esters is 1. The molecule has 50 heavy (non-hydrogen) atoms. The van der Waals surface area contributed by atoms with Gasteiger partial charge in [-0.1, -0.05) is 104 Å². The molecule has 4 aromatic rings. The molecule has 0 saturated heterocycles. The van der Waals surface area contributed by atoms with Gasteiger partial charge in [0.15, 0.2) is 0 Å². The third-order valence-corrected chi connectivity index (χ3v) is 11.7. The van der Waals surface area contributed by atoms with Crippen molar-refractivity contribution in [2.24, 2.45) is 17.1 Å². The van der Waals surface area contributed by atoms with Gasteiger partial charge in [0.1, 0.15) is 0 Å². The Labute approximate surface area is 305 Å². The first-order valence-corrected chi connectivity index (χ1v) is 19.3. The van der Waals surface area contributed by atoms with Crippen molar-refractivity contribution in [3.63, 3.8) is 0 Å². The van der Waals surface area contributed by atoms with Crippen molar-refractivity contribution in [1.29, 1.82) is 0 Å². The molecule has 0 unspecified atom stereocenters. The first-order chi connectivity index (χ1) is 24.3. The summed E-state index contributed by atoms with van der Waals surface area (Å²) in [6.07, 6.45) is 16.1. The van der Waals surface area contributed by atoms with Crippen LogP contribution in [0.5, 0.6) is 0 Å². The predicted molar refractivity (Wildman–Crippen MR) is 208 cm³/mol. The topological polar surface area (TPSA) is 103 Å². The van der Waals surface area contributed by atoms with Crippen LogP contribution in [-0.2, 0) is 16.0 Å². The van der Waals surface area contributed by atoms with Crippen LogP contribution in [0.3, 0.4) is 0 Å². The molecule has 6 nitrogen and oxygen atoms in total. The predicted octanol–water partition coefficient (Wildman–Crippen LogP) is 10.4. The van der Waals surface area contributed by atoms with Gasteiger partial charge in [0.2, 0.25) is 0 Å². The molecule has 0 amide bonds. The maximum absolute atomic E-state index is 12.2. The maximum atomic E-state index is 12.2. The van der Waals surface area contributed by atoms with Gasteiger partial charge < -0.3 is 15.6 Å². The number of nitrogens with two attached hydrogens (primary N) is 1. The van der Waals surface area contributed by atoms with E-state index in [2.05, 4.69) is 18.2 Å². The molecule has 1 atom stereocenters. The summed E-state index contributed by atoms with van der Waals surface area (Å²) >= 11 is 7.97. The Bertz CT molecular complexity index is 1760. The summed E-state index contributed by atoms with van der Waals surface area (Å²) in [5, 5.41) is 11.5. The largest absolute Gasteiger partial charge is 0.481 e. The summed E-state index contributed by atoms with van der Waals surface area (Å²) in [5.74, 6) is 0.755. The molecule has 0 radical (unpaired) electrons. The molecule has 0 spiro atoms. The van der Waals surface area contributed by atoms with E-state index in [4.69, 9.17) is 27.1 Å². The minimum atomic E-state index is -0.751. The fourth-order valence-electron chi connectivity index (χ4n) is 7.05. The molecular formula is C42H49ClN2O4S. The number of hydrogen-bond acceptors (Lipinski definition) is 6. The third kappa shape index (κ3) is 10.7. The first kappa shape index (κ1) is 37.6. The van der Waals surface area contributed by atoms with Crippen LogP contribution >= 0.6 is 23.4 Å². The molecule has 1 aromatic heterocycles. The number of nitrogens with zero attached hydrogens (tertiary/aromatic N) is 1. The van der Waals surface area contributed by atoms with Crippen LogP contribution in [0.25, 0.3) is 23.1 Å². The molecule has 6 rings (SSSR count). The van der Waals surface area contributed by atoms with E-state index in [0.29, 0.717) is 10.6 Å². The lowest BCUT2D eigenvalue weighted by molar-refractivity contribution is -0.138. The van der Waals surface area contributed by atoms with E-state index in [1.165, 1.54) is 45.6 Å². The molecule has 0 bridgehead atoms. The van der Waals surface area contributed by atoms with Crippen molar-refractivity contribution in [3.8, 4) is 0 Å². The van der Waals surface area contributed by atoms with Crippen LogP contribution in [0.15, 0.2) is 78.9 Å². The number of pyridine rings is 1. The van der Waals surface area contributed by atoms with Crippen molar-refractivity contribution in [2.75, 3.05) is 19.4 Å². The fraction of sp³-hybridized carbons (Fsp3) is 0.405. The van der Waals surface area contributed by atoms with Crippen molar-refractivity contribution in [2.45, 2.75) is 75.9 Å². The molecule has 2 fully saturated rings. The number of aromatic nitrogens is 1. The average molecular weight is 713 g/mol. The zero-order chi connectivity index (χ0) is 35.3. The number of thioether (sulfide) groups is 1. The van der Waals surface area contributed by atoms with Gasteiger partial charge in [0.05, 0.1) is 30.3 Å². The summed E-state index contributed by atoms with van der Waals surface area (Å²) in [5.41, 5.74) is 10.7. The molecule has 2 saturated carbocycles. The Morgan fingerprint density at radius 1 is 1.02 bits per heavy atom. The van der Waals surface area contributed by atoms with E-state index < -0.39 is 5.97 Å². The van der Waals surface area contributed by atoms with Crippen LogP contribution in [0, 0.1) is 11.3 Å². The van der Waals surface area contributed by atoms with E-state index in [0.717, 1.165) is 77.2 Å². The Morgan fingerprint density at radius 2 is 1.80 bits per heavy atom. The Kier molecular flexibility index (Phi) is 13.9. The average Bonchev–Trinajstić information content (AvgIpc) is 3.90. The molecule has 8 heteroatoms.